The highest BCUT2D eigenvalue weighted by Crippen LogP contribution is 2.24. The van der Waals surface area contributed by atoms with E-state index in [-0.39, 0.29) is 5.41 Å². The summed E-state index contributed by atoms with van der Waals surface area (Å²) in [4.78, 5) is 10.5. The second kappa shape index (κ2) is 3.55. The van der Waals surface area contributed by atoms with Crippen molar-refractivity contribution in [2.24, 2.45) is 11.3 Å². The second-order valence-corrected chi connectivity index (χ2v) is 3.25. The molecule has 0 aliphatic heterocycles. The van der Waals surface area contributed by atoms with Gasteiger partial charge in [0.05, 0.1) is 0 Å². The van der Waals surface area contributed by atoms with Crippen molar-refractivity contribution >= 4 is 6.29 Å². The van der Waals surface area contributed by atoms with Crippen LogP contribution in [-0.4, -0.2) is 6.29 Å². The Kier molecular flexibility index (Phi) is 3.34. The van der Waals surface area contributed by atoms with E-state index in [9.17, 15) is 4.79 Å². The number of carbonyl (C=O) groups is 1. The number of hydrogen-bond acceptors (Lipinski definition) is 1. The summed E-state index contributed by atoms with van der Waals surface area (Å²) >= 11 is 0. The first-order chi connectivity index (χ1) is 4.54. The first-order valence-electron chi connectivity index (χ1n) is 3.63. The molecule has 58 valence electrons. The zero-order valence-corrected chi connectivity index (χ0v) is 7.22. The van der Waals surface area contributed by atoms with Crippen LogP contribution in [0.1, 0.15) is 27.7 Å². The third kappa shape index (κ3) is 2.34. The Morgan fingerprint density at radius 3 is 2.20 bits per heavy atom. The molecule has 0 spiro atoms. The van der Waals surface area contributed by atoms with Crippen LogP contribution in [0.2, 0.25) is 0 Å². The molecule has 1 heteroatoms. The maximum Gasteiger partial charge on any atom is 0.126 e. The highest BCUT2D eigenvalue weighted by molar-refractivity contribution is 5.58. The van der Waals surface area contributed by atoms with Crippen LogP contribution < -0.4 is 0 Å². The number of carbonyl (C=O) groups excluding carboxylic acids is 1. The van der Waals surface area contributed by atoms with E-state index >= 15 is 0 Å². The molecule has 0 N–H and O–H groups in total. The molecule has 0 aliphatic carbocycles. The van der Waals surface area contributed by atoms with Crippen molar-refractivity contribution < 1.29 is 4.79 Å². The van der Waals surface area contributed by atoms with Gasteiger partial charge in [-0.3, -0.25) is 0 Å². The topological polar surface area (TPSA) is 17.1 Å². The molecule has 0 fully saturated rings. The number of allylic oxidation sites excluding steroid dienone is 2. The van der Waals surface area contributed by atoms with Crippen molar-refractivity contribution in [3.8, 4) is 0 Å². The van der Waals surface area contributed by atoms with Gasteiger partial charge in [-0.05, 0) is 12.8 Å². The quantitative estimate of drug-likeness (QED) is 0.434. The van der Waals surface area contributed by atoms with E-state index < -0.39 is 0 Å². The Labute approximate surface area is 63.1 Å². The van der Waals surface area contributed by atoms with Gasteiger partial charge in [0.15, 0.2) is 0 Å². The lowest BCUT2D eigenvalue weighted by molar-refractivity contribution is -0.116. The lowest BCUT2D eigenvalue weighted by atomic mass is 9.81. The van der Waals surface area contributed by atoms with E-state index in [1.807, 2.05) is 26.8 Å². The van der Waals surface area contributed by atoms with Gasteiger partial charge in [-0.1, -0.05) is 32.9 Å². The van der Waals surface area contributed by atoms with Gasteiger partial charge in [0.1, 0.15) is 6.29 Å². The zero-order valence-electron chi connectivity index (χ0n) is 7.22. The Bertz CT molecular complexity index is 134. The van der Waals surface area contributed by atoms with Crippen LogP contribution in [0.5, 0.6) is 0 Å². The fraction of sp³-hybridized carbons (Fsp3) is 0.667. The second-order valence-electron chi connectivity index (χ2n) is 3.25. The summed E-state index contributed by atoms with van der Waals surface area (Å²) in [6.07, 6.45) is 5.04. The summed E-state index contributed by atoms with van der Waals surface area (Å²) < 4.78 is 0. The van der Waals surface area contributed by atoms with E-state index in [2.05, 4.69) is 13.0 Å². The molecular formula is C9H16O. The smallest absolute Gasteiger partial charge is 0.126 e. The van der Waals surface area contributed by atoms with Crippen molar-refractivity contribution in [3.63, 3.8) is 0 Å². The van der Waals surface area contributed by atoms with E-state index in [0.29, 0.717) is 5.92 Å². The van der Waals surface area contributed by atoms with Gasteiger partial charge >= 0.3 is 0 Å². The molecule has 1 atom stereocenters. The van der Waals surface area contributed by atoms with Crippen LogP contribution in [0.4, 0.5) is 0 Å². The van der Waals surface area contributed by atoms with Crippen LogP contribution in [0.3, 0.4) is 0 Å². The van der Waals surface area contributed by atoms with Crippen LogP contribution in [-0.2, 0) is 4.79 Å². The maximum atomic E-state index is 10.5. The van der Waals surface area contributed by atoms with Gasteiger partial charge in [-0.25, -0.2) is 0 Å². The maximum absolute atomic E-state index is 10.5. The molecule has 0 aromatic carbocycles. The fourth-order valence-electron chi connectivity index (χ4n) is 0.644. The molecule has 0 saturated heterocycles. The number of hydrogen-bond donors (Lipinski definition) is 0. The van der Waals surface area contributed by atoms with Crippen molar-refractivity contribution in [1.29, 1.82) is 0 Å². The van der Waals surface area contributed by atoms with Gasteiger partial charge in [-0.2, -0.15) is 0 Å². The van der Waals surface area contributed by atoms with Crippen LogP contribution in [0.25, 0.3) is 0 Å². The highest BCUT2D eigenvalue weighted by Gasteiger charge is 2.22. The van der Waals surface area contributed by atoms with E-state index in [1.165, 1.54) is 0 Å². The largest absolute Gasteiger partial charge is 0.303 e. The van der Waals surface area contributed by atoms with Gasteiger partial charge in [0.25, 0.3) is 0 Å². The average Bonchev–Trinajstić information content (AvgIpc) is 1.89. The van der Waals surface area contributed by atoms with Gasteiger partial charge in [-0.15, -0.1) is 0 Å². The molecule has 10 heavy (non-hydrogen) atoms. The molecule has 0 radical (unpaired) electrons. The van der Waals surface area contributed by atoms with E-state index in [1.54, 1.807) is 0 Å². The standard InChI is InChI=1S/C9H16O/c1-5-6-8(2)9(3,4)7-10/h5-8H,1-4H3/b6-5+/t8-/m1/s1. The Morgan fingerprint density at radius 2 is 1.90 bits per heavy atom. The van der Waals surface area contributed by atoms with E-state index in [0.717, 1.165) is 6.29 Å². The predicted molar refractivity (Wildman–Crippen MR) is 43.8 cm³/mol. The SMILES string of the molecule is C/C=C/[C@@H](C)C(C)(C)C=O. The summed E-state index contributed by atoms with van der Waals surface area (Å²) in [5, 5.41) is 0. The molecule has 0 bridgehead atoms. The molecule has 0 rings (SSSR count). The molecule has 0 heterocycles. The summed E-state index contributed by atoms with van der Waals surface area (Å²) in [6.45, 7) is 7.92. The lowest BCUT2D eigenvalue weighted by Gasteiger charge is -2.22. The Balaban J connectivity index is 4.16. The van der Waals surface area contributed by atoms with Gasteiger partial charge < -0.3 is 4.79 Å². The van der Waals surface area contributed by atoms with Crippen LogP contribution in [0, 0.1) is 11.3 Å². The minimum atomic E-state index is -0.216. The molecule has 0 aromatic rings. The minimum absolute atomic E-state index is 0.216. The van der Waals surface area contributed by atoms with Crippen molar-refractivity contribution in [2.75, 3.05) is 0 Å². The summed E-state index contributed by atoms with van der Waals surface area (Å²) in [5.74, 6) is 0.329. The number of aldehydes is 1. The summed E-state index contributed by atoms with van der Waals surface area (Å²) in [7, 11) is 0. The third-order valence-corrected chi connectivity index (χ3v) is 1.96. The normalized spacial score (nSPS) is 15.6. The third-order valence-electron chi connectivity index (χ3n) is 1.96. The van der Waals surface area contributed by atoms with Gasteiger partial charge in [0, 0.05) is 5.41 Å². The Hall–Kier alpha value is -0.590. The molecular weight excluding hydrogens is 124 g/mol. The van der Waals surface area contributed by atoms with Crippen molar-refractivity contribution in [2.45, 2.75) is 27.7 Å². The van der Waals surface area contributed by atoms with Crippen molar-refractivity contribution in [3.05, 3.63) is 12.2 Å². The first kappa shape index (κ1) is 9.41. The average molecular weight is 140 g/mol. The number of rotatable bonds is 3. The predicted octanol–water partition coefficient (Wildman–Crippen LogP) is 2.42. The molecule has 1 nitrogen and oxygen atoms in total. The molecule has 0 aromatic heterocycles. The fourth-order valence-corrected chi connectivity index (χ4v) is 0.644. The molecule has 0 unspecified atom stereocenters. The van der Waals surface area contributed by atoms with Crippen LogP contribution in [0.15, 0.2) is 12.2 Å². The summed E-state index contributed by atoms with van der Waals surface area (Å²) in [5.41, 5.74) is -0.216. The first-order valence-corrected chi connectivity index (χ1v) is 3.63. The highest BCUT2D eigenvalue weighted by atomic mass is 16.1. The molecule has 0 saturated carbocycles. The molecule has 0 aliphatic rings. The van der Waals surface area contributed by atoms with E-state index in [4.69, 9.17) is 0 Å². The van der Waals surface area contributed by atoms with Crippen LogP contribution >= 0.6 is 0 Å². The van der Waals surface area contributed by atoms with Crippen molar-refractivity contribution in [1.82, 2.24) is 0 Å². The lowest BCUT2D eigenvalue weighted by Crippen LogP contribution is -2.21. The minimum Gasteiger partial charge on any atom is -0.303 e. The molecule has 0 amide bonds. The monoisotopic (exact) mass is 140 g/mol. The zero-order chi connectivity index (χ0) is 8.20. The van der Waals surface area contributed by atoms with Gasteiger partial charge in [0.2, 0.25) is 0 Å². The summed E-state index contributed by atoms with van der Waals surface area (Å²) in [6, 6.07) is 0. The Morgan fingerprint density at radius 1 is 1.40 bits per heavy atom.